The van der Waals surface area contributed by atoms with Crippen LogP contribution in [-0.4, -0.2) is 23.1 Å². The minimum Gasteiger partial charge on any atom is -0.451 e. The molecule has 2 bridgehead atoms. The maximum absolute atomic E-state index is 13.9. The molecule has 0 N–H and O–H groups in total. The second kappa shape index (κ2) is 10.3. The van der Waals surface area contributed by atoms with Gasteiger partial charge < -0.3 is 9.47 Å². The molecule has 0 radical (unpaired) electrons. The van der Waals surface area contributed by atoms with Crippen LogP contribution >= 0.6 is 0 Å². The average Bonchev–Trinajstić information content (AvgIpc) is 3.46. The highest BCUT2D eigenvalue weighted by molar-refractivity contribution is 6.03. The van der Waals surface area contributed by atoms with Gasteiger partial charge in [-0.25, -0.2) is 9.59 Å². The molecule has 0 fully saturated rings. The van der Waals surface area contributed by atoms with E-state index in [0.29, 0.717) is 35.8 Å². The average molecular weight is 505 g/mol. The van der Waals surface area contributed by atoms with Crippen molar-refractivity contribution in [1.29, 1.82) is 0 Å². The van der Waals surface area contributed by atoms with Crippen LogP contribution in [-0.2, 0) is 19.1 Å². The van der Waals surface area contributed by atoms with Crippen LogP contribution in [0.4, 0.5) is 0 Å². The minimum atomic E-state index is -0.721. The van der Waals surface area contributed by atoms with E-state index in [-0.39, 0.29) is 35.6 Å². The van der Waals surface area contributed by atoms with E-state index in [2.05, 4.69) is 104 Å². The highest BCUT2D eigenvalue weighted by Crippen LogP contribution is 2.47. The third kappa shape index (κ3) is 5.09. The fourth-order valence-corrected chi connectivity index (χ4v) is 5.94. The first-order chi connectivity index (χ1) is 17.4. The van der Waals surface area contributed by atoms with E-state index in [9.17, 15) is 9.59 Å². The summed E-state index contributed by atoms with van der Waals surface area (Å²) in [5.74, 6) is -0.0928. The molecule has 4 rings (SSSR count). The van der Waals surface area contributed by atoms with E-state index in [4.69, 9.17) is 9.47 Å². The highest BCUT2D eigenvalue weighted by atomic mass is 16.6. The molecular weight excluding hydrogens is 460 g/mol. The molecule has 0 aromatic rings. The molecule has 0 aliphatic heterocycles. The molecule has 4 atom stereocenters. The number of hydrogen-bond donors (Lipinski definition) is 0. The van der Waals surface area contributed by atoms with Gasteiger partial charge in [-0.1, -0.05) is 91.8 Å². The fraction of sp³-hybridized carbons (Fsp3) is 0.576. The summed E-state index contributed by atoms with van der Waals surface area (Å²) in [6, 6.07) is 0. The van der Waals surface area contributed by atoms with Gasteiger partial charge in [0.15, 0.2) is 0 Å². The lowest BCUT2D eigenvalue weighted by atomic mass is 9.79. The molecule has 4 aliphatic carbocycles. The summed E-state index contributed by atoms with van der Waals surface area (Å²) < 4.78 is 12.7. The molecule has 4 heteroatoms. The monoisotopic (exact) mass is 504 g/mol. The Balaban J connectivity index is 1.67. The van der Waals surface area contributed by atoms with Crippen LogP contribution < -0.4 is 0 Å². The zero-order chi connectivity index (χ0) is 27.1. The van der Waals surface area contributed by atoms with Crippen LogP contribution in [0.15, 0.2) is 70.9 Å². The number of rotatable bonds is 8. The van der Waals surface area contributed by atoms with Crippen LogP contribution in [0.5, 0.6) is 0 Å². The van der Waals surface area contributed by atoms with Gasteiger partial charge in [0, 0.05) is 24.7 Å². The van der Waals surface area contributed by atoms with Crippen molar-refractivity contribution < 1.29 is 19.1 Å². The first-order valence-corrected chi connectivity index (χ1v) is 14.1. The van der Waals surface area contributed by atoms with Crippen LogP contribution in [0.2, 0.25) is 0 Å². The minimum absolute atomic E-state index is 0.0955. The normalized spacial score (nSPS) is 30.6. The van der Waals surface area contributed by atoms with E-state index in [0.717, 1.165) is 6.42 Å². The Hall–Kier alpha value is -2.62. The van der Waals surface area contributed by atoms with Gasteiger partial charge in [-0.15, -0.1) is 0 Å². The van der Waals surface area contributed by atoms with E-state index in [1.807, 2.05) is 0 Å². The zero-order valence-electron chi connectivity index (χ0n) is 23.8. The Morgan fingerprint density at radius 1 is 0.703 bits per heavy atom. The van der Waals surface area contributed by atoms with Gasteiger partial charge in [-0.2, -0.15) is 0 Å². The Morgan fingerprint density at radius 3 is 1.41 bits per heavy atom. The Bertz CT molecular complexity index is 1040. The molecular formula is C33H44O4. The predicted molar refractivity (Wildman–Crippen MR) is 148 cm³/mol. The lowest BCUT2D eigenvalue weighted by Crippen LogP contribution is -2.42. The summed E-state index contributed by atoms with van der Waals surface area (Å²) in [7, 11) is 0. The van der Waals surface area contributed by atoms with Gasteiger partial charge in [-0.05, 0) is 53.4 Å². The summed E-state index contributed by atoms with van der Waals surface area (Å²) in [6.45, 7) is 17.0. The first kappa shape index (κ1) is 27.4. The quantitative estimate of drug-likeness (QED) is 0.254. The molecule has 0 spiro atoms. The largest absolute Gasteiger partial charge is 0.451 e. The standard InChI is InChI=1S/C33H44O4/c1-20(2)26-11-9-15-32(18-26,22(5)6)36-30(34)28-24-13-14-25(17-24)29(28)31(35)37-33(23(7)8)16-10-12-27(19-33)21(3)4/h9-14,18-25H,15-17H2,1-8H3. The second-order valence-electron chi connectivity index (χ2n) is 12.5. The van der Waals surface area contributed by atoms with Gasteiger partial charge in [0.05, 0.1) is 11.1 Å². The van der Waals surface area contributed by atoms with Gasteiger partial charge in [0.25, 0.3) is 0 Å². The molecule has 0 heterocycles. The van der Waals surface area contributed by atoms with Crippen LogP contribution in [0.1, 0.15) is 74.7 Å². The summed E-state index contributed by atoms with van der Waals surface area (Å²) >= 11 is 0. The van der Waals surface area contributed by atoms with Gasteiger partial charge >= 0.3 is 11.9 Å². The van der Waals surface area contributed by atoms with Crippen molar-refractivity contribution in [2.45, 2.75) is 85.9 Å². The Labute approximate surface area is 223 Å². The number of esters is 2. The topological polar surface area (TPSA) is 52.6 Å². The van der Waals surface area contributed by atoms with Crippen molar-refractivity contribution in [3.63, 3.8) is 0 Å². The van der Waals surface area contributed by atoms with E-state index >= 15 is 0 Å². The van der Waals surface area contributed by atoms with Crippen molar-refractivity contribution in [3.05, 3.63) is 70.9 Å². The number of allylic oxidation sites excluding steroid dienone is 6. The lowest BCUT2D eigenvalue weighted by molar-refractivity contribution is -0.157. The molecule has 4 unspecified atom stereocenters. The number of carbonyl (C=O) groups excluding carboxylic acids is 2. The zero-order valence-corrected chi connectivity index (χ0v) is 23.8. The van der Waals surface area contributed by atoms with Crippen molar-refractivity contribution in [2.75, 3.05) is 0 Å². The predicted octanol–water partition coefficient (Wildman–Crippen LogP) is 7.45. The van der Waals surface area contributed by atoms with Crippen LogP contribution in [0.3, 0.4) is 0 Å². The number of carbonyl (C=O) groups is 2. The number of fused-ring (bicyclic) bond motifs is 2. The van der Waals surface area contributed by atoms with E-state index < -0.39 is 11.2 Å². The lowest BCUT2D eigenvalue weighted by Gasteiger charge is -2.38. The third-order valence-corrected chi connectivity index (χ3v) is 8.72. The highest BCUT2D eigenvalue weighted by Gasteiger charge is 2.48. The van der Waals surface area contributed by atoms with Crippen molar-refractivity contribution >= 4 is 11.9 Å². The molecule has 4 nitrogen and oxygen atoms in total. The number of ether oxygens (including phenoxy) is 2. The maximum atomic E-state index is 13.9. The Morgan fingerprint density at radius 2 is 1.08 bits per heavy atom. The Kier molecular flexibility index (Phi) is 7.61. The van der Waals surface area contributed by atoms with E-state index in [1.54, 1.807) is 0 Å². The fourth-order valence-electron chi connectivity index (χ4n) is 5.94. The van der Waals surface area contributed by atoms with Gasteiger partial charge in [0.2, 0.25) is 0 Å². The van der Waals surface area contributed by atoms with Crippen LogP contribution in [0.25, 0.3) is 0 Å². The summed E-state index contributed by atoms with van der Waals surface area (Å²) in [5, 5.41) is 0. The smallest absolute Gasteiger partial charge is 0.336 e. The van der Waals surface area contributed by atoms with Gasteiger partial charge in [0.1, 0.15) is 11.2 Å². The molecule has 37 heavy (non-hydrogen) atoms. The van der Waals surface area contributed by atoms with Gasteiger partial charge in [-0.3, -0.25) is 0 Å². The summed E-state index contributed by atoms with van der Waals surface area (Å²) in [5.41, 5.74) is 1.88. The van der Waals surface area contributed by atoms with E-state index in [1.165, 1.54) is 11.1 Å². The summed E-state index contributed by atoms with van der Waals surface area (Å²) in [6.07, 6.45) is 18.8. The molecule has 0 amide bonds. The van der Waals surface area contributed by atoms with Crippen molar-refractivity contribution in [2.24, 2.45) is 35.5 Å². The molecule has 0 aromatic heterocycles. The first-order valence-electron chi connectivity index (χ1n) is 14.1. The van der Waals surface area contributed by atoms with Crippen molar-refractivity contribution in [1.82, 2.24) is 0 Å². The molecule has 0 saturated heterocycles. The third-order valence-electron chi connectivity index (χ3n) is 8.72. The molecule has 0 saturated carbocycles. The SMILES string of the molecule is CC(C)C1=CC(OC(=O)C2=C(C(=O)OC3(C(C)C)C=C(C(C)C)C=CC3)C3C=CC2C3)(C(C)C)CC=C1. The molecule has 200 valence electrons. The number of hydrogen-bond acceptors (Lipinski definition) is 4. The second-order valence-corrected chi connectivity index (χ2v) is 12.5. The van der Waals surface area contributed by atoms with Crippen LogP contribution in [0, 0.1) is 35.5 Å². The maximum Gasteiger partial charge on any atom is 0.336 e. The molecule has 4 aliphatic rings. The van der Waals surface area contributed by atoms with Crippen molar-refractivity contribution in [3.8, 4) is 0 Å². The summed E-state index contributed by atoms with van der Waals surface area (Å²) in [4.78, 5) is 27.7. The molecule has 0 aromatic carbocycles.